The van der Waals surface area contributed by atoms with Crippen molar-refractivity contribution >= 4 is 29.0 Å². The van der Waals surface area contributed by atoms with Crippen LogP contribution in [0, 0.1) is 5.82 Å². The van der Waals surface area contributed by atoms with Gasteiger partial charge in [0.25, 0.3) is 0 Å². The third kappa shape index (κ3) is 2.10. The minimum Gasteiger partial charge on any atom is -0.383 e. The van der Waals surface area contributed by atoms with Crippen LogP contribution in [0.1, 0.15) is 0 Å². The predicted octanol–water partition coefficient (Wildman–Crippen LogP) is 3.78. The molecule has 2 rings (SSSR count). The number of halogens is 3. The minimum atomic E-state index is -0.449. The van der Waals surface area contributed by atoms with Crippen LogP contribution >= 0.6 is 23.2 Å². The summed E-state index contributed by atoms with van der Waals surface area (Å²) in [7, 11) is 0. The maximum atomic E-state index is 13.0. The van der Waals surface area contributed by atoms with Crippen molar-refractivity contribution in [2.75, 3.05) is 5.73 Å². The van der Waals surface area contributed by atoms with E-state index in [9.17, 15) is 4.39 Å². The molecule has 1 heterocycles. The van der Waals surface area contributed by atoms with Crippen molar-refractivity contribution in [2.24, 2.45) is 0 Å². The molecule has 0 aliphatic rings. The van der Waals surface area contributed by atoms with Gasteiger partial charge in [-0.15, -0.1) is 0 Å². The molecule has 0 amide bonds. The molecule has 2 nitrogen and oxygen atoms in total. The number of rotatable bonds is 1. The van der Waals surface area contributed by atoms with Gasteiger partial charge in [-0.05, 0) is 23.8 Å². The fourth-order valence-corrected chi connectivity index (χ4v) is 1.64. The summed E-state index contributed by atoms with van der Waals surface area (Å²) in [6.07, 6.45) is 1.07. The van der Waals surface area contributed by atoms with Crippen LogP contribution in [0.3, 0.4) is 0 Å². The first-order valence-electron chi connectivity index (χ1n) is 4.44. The molecule has 1 aromatic carbocycles. The summed E-state index contributed by atoms with van der Waals surface area (Å²) in [5.74, 6) is -0.199. The highest BCUT2D eigenvalue weighted by molar-refractivity contribution is 6.42. The highest BCUT2D eigenvalue weighted by atomic mass is 35.5. The van der Waals surface area contributed by atoms with Gasteiger partial charge in [-0.2, -0.15) is 0 Å². The van der Waals surface area contributed by atoms with Gasteiger partial charge in [0.1, 0.15) is 11.6 Å². The molecule has 82 valence electrons. The molecule has 0 bridgehead atoms. The van der Waals surface area contributed by atoms with Crippen molar-refractivity contribution in [2.45, 2.75) is 0 Å². The van der Waals surface area contributed by atoms with Gasteiger partial charge in [-0.25, -0.2) is 9.37 Å². The van der Waals surface area contributed by atoms with Gasteiger partial charge in [0.05, 0.1) is 16.2 Å². The molecule has 16 heavy (non-hydrogen) atoms. The second kappa shape index (κ2) is 4.28. The summed E-state index contributed by atoms with van der Waals surface area (Å²) < 4.78 is 13.0. The largest absolute Gasteiger partial charge is 0.383 e. The zero-order valence-electron chi connectivity index (χ0n) is 8.05. The zero-order valence-corrected chi connectivity index (χ0v) is 9.56. The molecule has 0 spiro atoms. The molecule has 0 saturated heterocycles. The standard InChI is InChI=1S/C11H7Cl2FN2/c12-9-2-1-6(3-10(9)13)8-4-7(14)5-16-11(8)15/h1-5H,(H2,15,16). The number of hydrogen-bond donors (Lipinski definition) is 1. The maximum Gasteiger partial charge on any atom is 0.142 e. The average molecular weight is 257 g/mol. The Morgan fingerprint density at radius 2 is 1.88 bits per heavy atom. The summed E-state index contributed by atoms with van der Waals surface area (Å²) in [4.78, 5) is 3.73. The fourth-order valence-electron chi connectivity index (χ4n) is 1.34. The second-order valence-corrected chi connectivity index (χ2v) is 4.03. The van der Waals surface area contributed by atoms with E-state index in [1.807, 2.05) is 0 Å². The molecular formula is C11H7Cl2FN2. The molecule has 1 aromatic heterocycles. The molecule has 0 unspecified atom stereocenters. The lowest BCUT2D eigenvalue weighted by atomic mass is 10.1. The van der Waals surface area contributed by atoms with E-state index in [1.165, 1.54) is 6.07 Å². The van der Waals surface area contributed by atoms with Crippen LogP contribution in [0.2, 0.25) is 10.0 Å². The summed E-state index contributed by atoms with van der Waals surface area (Å²) >= 11 is 11.7. The summed E-state index contributed by atoms with van der Waals surface area (Å²) in [6, 6.07) is 6.27. The molecular weight excluding hydrogens is 250 g/mol. The number of pyridine rings is 1. The van der Waals surface area contributed by atoms with Crippen molar-refractivity contribution in [1.29, 1.82) is 0 Å². The SMILES string of the molecule is Nc1ncc(F)cc1-c1ccc(Cl)c(Cl)c1. The van der Waals surface area contributed by atoms with E-state index in [4.69, 9.17) is 28.9 Å². The Morgan fingerprint density at radius 1 is 1.12 bits per heavy atom. The van der Waals surface area contributed by atoms with Gasteiger partial charge in [0.2, 0.25) is 0 Å². The van der Waals surface area contributed by atoms with Gasteiger partial charge < -0.3 is 5.73 Å². The average Bonchev–Trinajstić information content (AvgIpc) is 2.26. The summed E-state index contributed by atoms with van der Waals surface area (Å²) in [6.45, 7) is 0. The minimum absolute atomic E-state index is 0.250. The van der Waals surface area contributed by atoms with E-state index in [0.29, 0.717) is 21.2 Å². The molecule has 0 radical (unpaired) electrons. The summed E-state index contributed by atoms with van der Waals surface area (Å²) in [5.41, 5.74) is 6.83. The number of nitrogens with zero attached hydrogens (tertiary/aromatic N) is 1. The third-order valence-electron chi connectivity index (χ3n) is 2.12. The number of nitrogen functional groups attached to an aromatic ring is 1. The molecule has 2 aromatic rings. The molecule has 0 aliphatic heterocycles. The van der Waals surface area contributed by atoms with E-state index >= 15 is 0 Å². The van der Waals surface area contributed by atoms with Gasteiger partial charge in [0.15, 0.2) is 0 Å². The number of anilines is 1. The first-order chi connectivity index (χ1) is 7.58. The first kappa shape index (κ1) is 11.2. The number of hydrogen-bond acceptors (Lipinski definition) is 2. The Labute approximate surface area is 102 Å². The molecule has 0 atom stereocenters. The van der Waals surface area contributed by atoms with Crippen molar-refractivity contribution in [1.82, 2.24) is 4.98 Å². The Bertz CT molecular complexity index is 544. The van der Waals surface area contributed by atoms with E-state index in [-0.39, 0.29) is 5.82 Å². The molecule has 0 saturated carbocycles. The quantitative estimate of drug-likeness (QED) is 0.844. The van der Waals surface area contributed by atoms with Gasteiger partial charge in [0, 0.05) is 5.56 Å². The third-order valence-corrected chi connectivity index (χ3v) is 2.85. The van der Waals surface area contributed by atoms with Crippen molar-refractivity contribution in [3.05, 3.63) is 46.3 Å². The van der Waals surface area contributed by atoms with E-state index in [0.717, 1.165) is 6.20 Å². The normalized spacial score (nSPS) is 10.4. The smallest absolute Gasteiger partial charge is 0.142 e. The summed E-state index contributed by atoms with van der Waals surface area (Å²) in [5, 5.41) is 0.830. The lowest BCUT2D eigenvalue weighted by Gasteiger charge is -2.06. The van der Waals surface area contributed by atoms with Crippen LogP contribution in [0.25, 0.3) is 11.1 Å². The molecule has 5 heteroatoms. The highest BCUT2D eigenvalue weighted by Crippen LogP contribution is 2.30. The Kier molecular flexibility index (Phi) is 2.99. The van der Waals surface area contributed by atoms with Crippen molar-refractivity contribution in [3.8, 4) is 11.1 Å². The topological polar surface area (TPSA) is 38.9 Å². The van der Waals surface area contributed by atoms with Crippen LogP contribution in [0.4, 0.5) is 10.2 Å². The number of nitrogens with two attached hydrogens (primary N) is 1. The lowest BCUT2D eigenvalue weighted by Crippen LogP contribution is -1.95. The fraction of sp³-hybridized carbons (Fsp3) is 0. The van der Waals surface area contributed by atoms with E-state index < -0.39 is 5.82 Å². The van der Waals surface area contributed by atoms with Crippen molar-refractivity contribution in [3.63, 3.8) is 0 Å². The molecule has 0 aliphatic carbocycles. The molecule has 2 N–H and O–H groups in total. The highest BCUT2D eigenvalue weighted by Gasteiger charge is 2.07. The van der Waals surface area contributed by atoms with Crippen LogP contribution < -0.4 is 5.73 Å². The van der Waals surface area contributed by atoms with E-state index in [2.05, 4.69) is 4.98 Å². The number of aromatic nitrogens is 1. The maximum absolute atomic E-state index is 13.0. The molecule has 0 fully saturated rings. The Balaban J connectivity index is 2.58. The van der Waals surface area contributed by atoms with Crippen LogP contribution in [0.15, 0.2) is 30.5 Å². The van der Waals surface area contributed by atoms with E-state index in [1.54, 1.807) is 18.2 Å². The monoisotopic (exact) mass is 256 g/mol. The van der Waals surface area contributed by atoms with Gasteiger partial charge in [-0.1, -0.05) is 29.3 Å². The van der Waals surface area contributed by atoms with Crippen molar-refractivity contribution < 1.29 is 4.39 Å². The van der Waals surface area contributed by atoms with Crippen LogP contribution in [0.5, 0.6) is 0 Å². The predicted molar refractivity (Wildman–Crippen MR) is 64.1 cm³/mol. The Morgan fingerprint density at radius 3 is 2.56 bits per heavy atom. The zero-order chi connectivity index (χ0) is 11.7. The van der Waals surface area contributed by atoms with Gasteiger partial charge >= 0.3 is 0 Å². The first-order valence-corrected chi connectivity index (χ1v) is 5.20. The number of benzene rings is 1. The Hall–Kier alpha value is -1.32. The van der Waals surface area contributed by atoms with Gasteiger partial charge in [-0.3, -0.25) is 0 Å². The van der Waals surface area contributed by atoms with Crippen LogP contribution in [-0.2, 0) is 0 Å². The second-order valence-electron chi connectivity index (χ2n) is 3.22. The lowest BCUT2D eigenvalue weighted by molar-refractivity contribution is 0.622. The van der Waals surface area contributed by atoms with Crippen LogP contribution in [-0.4, -0.2) is 4.98 Å².